The summed E-state index contributed by atoms with van der Waals surface area (Å²) in [7, 11) is 2.46. The number of hydrogen-bond acceptors (Lipinski definition) is 6. The molecule has 0 saturated carbocycles. The van der Waals surface area contributed by atoms with Crippen LogP contribution < -0.4 is 10.1 Å². The van der Waals surface area contributed by atoms with Gasteiger partial charge in [0.05, 0.1) is 25.3 Å². The number of hydrogen-bond donors (Lipinski definition) is 1. The second-order valence-electron chi connectivity index (χ2n) is 7.81. The lowest BCUT2D eigenvalue weighted by molar-refractivity contribution is -0.122. The van der Waals surface area contributed by atoms with Crippen LogP contribution in [0.25, 0.3) is 0 Å². The average molecular weight is 413 g/mol. The topological polar surface area (TPSA) is 90.9 Å². The maximum atomic E-state index is 12.6. The van der Waals surface area contributed by atoms with Crippen LogP contribution in [0.15, 0.2) is 42.5 Å². The zero-order valence-corrected chi connectivity index (χ0v) is 18.1. The molecule has 30 heavy (non-hydrogen) atoms. The predicted octanol–water partition coefficient (Wildman–Crippen LogP) is 3.96. The Labute approximate surface area is 176 Å². The van der Waals surface area contributed by atoms with Crippen LogP contribution in [0.1, 0.15) is 54.0 Å². The molecular weight excluding hydrogens is 386 g/mol. The molecule has 0 saturated heterocycles. The van der Waals surface area contributed by atoms with Crippen molar-refractivity contribution >= 4 is 23.5 Å². The lowest BCUT2D eigenvalue weighted by Gasteiger charge is -2.20. The molecule has 0 radical (unpaired) electrons. The van der Waals surface area contributed by atoms with Crippen molar-refractivity contribution in [3.8, 4) is 5.75 Å². The Kier molecular flexibility index (Phi) is 7.21. The van der Waals surface area contributed by atoms with Crippen molar-refractivity contribution in [3.05, 3.63) is 59.2 Å². The van der Waals surface area contributed by atoms with Gasteiger partial charge >= 0.3 is 11.9 Å². The van der Waals surface area contributed by atoms with Gasteiger partial charge in [0.25, 0.3) is 5.91 Å². The quantitative estimate of drug-likeness (QED) is 0.721. The lowest BCUT2D eigenvalue weighted by atomic mass is 9.87. The summed E-state index contributed by atoms with van der Waals surface area (Å²) in [6, 6.07) is 11.7. The minimum atomic E-state index is -0.811. The van der Waals surface area contributed by atoms with E-state index in [0.717, 1.165) is 5.56 Å². The Morgan fingerprint density at radius 2 is 1.37 bits per heavy atom. The van der Waals surface area contributed by atoms with Gasteiger partial charge in [-0.2, -0.15) is 0 Å². The molecule has 2 aromatic rings. The van der Waals surface area contributed by atoms with Gasteiger partial charge < -0.3 is 19.5 Å². The van der Waals surface area contributed by atoms with Crippen LogP contribution in [-0.2, 0) is 19.7 Å². The van der Waals surface area contributed by atoms with E-state index in [2.05, 4.69) is 26.1 Å². The molecule has 7 nitrogen and oxygen atoms in total. The number of amides is 1. The highest BCUT2D eigenvalue weighted by Gasteiger charge is 2.19. The number of ether oxygens (including phenoxy) is 3. The van der Waals surface area contributed by atoms with Crippen LogP contribution in [0.2, 0.25) is 0 Å². The first-order chi connectivity index (χ1) is 14.0. The van der Waals surface area contributed by atoms with E-state index in [1.807, 2.05) is 24.3 Å². The molecule has 2 aromatic carbocycles. The highest BCUT2D eigenvalue weighted by molar-refractivity contribution is 6.00. The zero-order valence-electron chi connectivity index (χ0n) is 18.1. The number of esters is 2. The summed E-state index contributed by atoms with van der Waals surface area (Å²) in [6.45, 7) is 7.95. The van der Waals surface area contributed by atoms with E-state index in [1.54, 1.807) is 6.92 Å². The number of carbonyl (C=O) groups excluding carboxylic acids is 3. The fourth-order valence-corrected chi connectivity index (χ4v) is 2.71. The molecule has 1 N–H and O–H groups in total. The normalized spacial score (nSPS) is 11.9. The van der Waals surface area contributed by atoms with Crippen molar-refractivity contribution in [2.75, 3.05) is 19.5 Å². The second-order valence-corrected chi connectivity index (χ2v) is 7.81. The minimum Gasteiger partial charge on any atom is -0.481 e. The molecule has 0 aliphatic heterocycles. The van der Waals surface area contributed by atoms with Crippen molar-refractivity contribution in [2.24, 2.45) is 0 Å². The molecule has 0 bridgehead atoms. The van der Waals surface area contributed by atoms with Crippen molar-refractivity contribution in [3.63, 3.8) is 0 Å². The summed E-state index contributed by atoms with van der Waals surface area (Å²) >= 11 is 0. The first kappa shape index (κ1) is 22.9. The molecule has 0 aromatic heterocycles. The van der Waals surface area contributed by atoms with E-state index in [1.165, 1.54) is 32.4 Å². The van der Waals surface area contributed by atoms with E-state index < -0.39 is 23.9 Å². The van der Waals surface area contributed by atoms with Crippen molar-refractivity contribution in [2.45, 2.75) is 39.2 Å². The van der Waals surface area contributed by atoms with Gasteiger partial charge in [0, 0.05) is 5.69 Å². The Hall–Kier alpha value is -3.35. The molecule has 0 aliphatic carbocycles. The van der Waals surface area contributed by atoms with Crippen LogP contribution in [0.5, 0.6) is 5.75 Å². The third-order valence-corrected chi connectivity index (χ3v) is 4.45. The van der Waals surface area contributed by atoms with Gasteiger partial charge in [0.15, 0.2) is 6.10 Å². The fraction of sp³-hybridized carbons (Fsp3) is 0.348. The molecule has 1 atom stereocenters. The van der Waals surface area contributed by atoms with E-state index >= 15 is 0 Å². The molecule has 1 amide bonds. The summed E-state index contributed by atoms with van der Waals surface area (Å²) in [6.07, 6.45) is -0.811. The first-order valence-electron chi connectivity index (χ1n) is 9.45. The summed E-state index contributed by atoms with van der Waals surface area (Å²) in [4.78, 5) is 36.3. The number of methoxy groups -OCH3 is 2. The van der Waals surface area contributed by atoms with Crippen LogP contribution in [0.4, 0.5) is 5.69 Å². The predicted molar refractivity (Wildman–Crippen MR) is 113 cm³/mol. The maximum Gasteiger partial charge on any atom is 0.337 e. The van der Waals surface area contributed by atoms with Crippen LogP contribution >= 0.6 is 0 Å². The van der Waals surface area contributed by atoms with Crippen molar-refractivity contribution < 1.29 is 28.6 Å². The van der Waals surface area contributed by atoms with Gasteiger partial charge in [-0.1, -0.05) is 32.9 Å². The fourth-order valence-electron chi connectivity index (χ4n) is 2.71. The van der Waals surface area contributed by atoms with E-state index in [0.29, 0.717) is 5.75 Å². The smallest absolute Gasteiger partial charge is 0.337 e. The lowest BCUT2D eigenvalue weighted by Crippen LogP contribution is -2.30. The molecular formula is C23H27NO6. The maximum absolute atomic E-state index is 12.6. The SMILES string of the molecule is COC(=O)c1cc(NC(=O)[C@@H](C)Oc2ccc(C(C)(C)C)cc2)cc(C(=O)OC)c1. The summed E-state index contributed by atoms with van der Waals surface area (Å²) in [5.41, 5.74) is 1.65. The zero-order chi connectivity index (χ0) is 22.5. The molecule has 0 aliphatic rings. The van der Waals surface area contributed by atoms with Crippen molar-refractivity contribution in [1.82, 2.24) is 0 Å². The number of nitrogens with one attached hydrogen (secondary N) is 1. The van der Waals surface area contributed by atoms with E-state index in [-0.39, 0.29) is 22.2 Å². The van der Waals surface area contributed by atoms with Gasteiger partial charge in [-0.25, -0.2) is 9.59 Å². The van der Waals surface area contributed by atoms with E-state index in [9.17, 15) is 14.4 Å². The minimum absolute atomic E-state index is 0.0174. The number of anilines is 1. The molecule has 2 rings (SSSR count). The van der Waals surface area contributed by atoms with Crippen LogP contribution in [-0.4, -0.2) is 38.2 Å². The van der Waals surface area contributed by atoms with Gasteiger partial charge in [0.2, 0.25) is 0 Å². The monoisotopic (exact) mass is 413 g/mol. The van der Waals surface area contributed by atoms with Gasteiger partial charge in [-0.15, -0.1) is 0 Å². The number of benzene rings is 2. The van der Waals surface area contributed by atoms with Crippen LogP contribution in [0.3, 0.4) is 0 Å². The second kappa shape index (κ2) is 9.43. The first-order valence-corrected chi connectivity index (χ1v) is 9.45. The third-order valence-electron chi connectivity index (χ3n) is 4.45. The molecule has 0 fully saturated rings. The Balaban J connectivity index is 2.15. The van der Waals surface area contributed by atoms with Crippen LogP contribution in [0, 0.1) is 0 Å². The number of carbonyl (C=O) groups is 3. The summed E-state index contributed by atoms with van der Waals surface area (Å²) < 4.78 is 15.1. The Morgan fingerprint density at radius 1 is 0.867 bits per heavy atom. The highest BCUT2D eigenvalue weighted by atomic mass is 16.5. The largest absolute Gasteiger partial charge is 0.481 e. The Bertz CT molecular complexity index is 893. The van der Waals surface area contributed by atoms with Gasteiger partial charge in [-0.05, 0) is 48.2 Å². The van der Waals surface area contributed by atoms with E-state index in [4.69, 9.17) is 14.2 Å². The summed E-state index contributed by atoms with van der Waals surface area (Å²) in [5, 5.41) is 2.66. The molecule has 0 unspecified atom stereocenters. The van der Waals surface area contributed by atoms with Gasteiger partial charge in [0.1, 0.15) is 5.75 Å². The summed E-state index contributed by atoms with van der Waals surface area (Å²) in [5.74, 6) is -1.16. The molecule has 0 heterocycles. The third kappa shape index (κ3) is 5.83. The number of rotatable bonds is 6. The standard InChI is InChI=1S/C23H27NO6/c1-14(30-19-9-7-17(8-10-19)23(2,3)4)20(25)24-18-12-15(21(26)28-5)11-16(13-18)22(27)29-6/h7-14H,1-6H3,(H,24,25)/t14-/m1/s1. The van der Waals surface area contributed by atoms with Crippen molar-refractivity contribution in [1.29, 1.82) is 0 Å². The average Bonchev–Trinajstić information content (AvgIpc) is 2.71. The Morgan fingerprint density at radius 3 is 1.80 bits per heavy atom. The molecule has 7 heteroatoms. The molecule has 160 valence electrons. The van der Waals surface area contributed by atoms with Gasteiger partial charge in [-0.3, -0.25) is 4.79 Å². The highest BCUT2D eigenvalue weighted by Crippen LogP contribution is 2.25. The molecule has 0 spiro atoms.